The summed E-state index contributed by atoms with van der Waals surface area (Å²) in [5.74, 6) is 1.05. The Bertz CT molecular complexity index is 1120. The normalized spacial score (nSPS) is 12.9. The molecule has 0 radical (unpaired) electrons. The van der Waals surface area contributed by atoms with Crippen LogP contribution >= 0.6 is 23.4 Å². The van der Waals surface area contributed by atoms with E-state index in [4.69, 9.17) is 21.1 Å². The van der Waals surface area contributed by atoms with Gasteiger partial charge < -0.3 is 9.47 Å². The maximum Gasteiger partial charge on any atom is 0.257 e. The molecule has 4 rings (SSSR count). The Morgan fingerprint density at radius 2 is 1.91 bits per heavy atom. The van der Waals surface area contributed by atoms with E-state index in [9.17, 15) is 9.59 Å². The predicted octanol–water partition coefficient (Wildman–Crippen LogP) is 3.90. The van der Waals surface area contributed by atoms with Crippen molar-refractivity contribution in [3.8, 4) is 11.5 Å². The summed E-state index contributed by atoms with van der Waals surface area (Å²) in [6.45, 7) is 0.218. The number of methoxy groups -OCH3 is 1. The summed E-state index contributed by atoms with van der Waals surface area (Å²) in [6.07, 6.45) is 2.04. The lowest BCUT2D eigenvalue weighted by molar-refractivity contribution is -0.117. The number of benzene rings is 2. The number of aromatic nitrogens is 3. The van der Waals surface area contributed by atoms with Crippen LogP contribution < -0.4 is 14.8 Å². The number of hydrogen-bond donors (Lipinski definition) is 1. The molecule has 1 aliphatic rings. The van der Waals surface area contributed by atoms with E-state index in [0.29, 0.717) is 39.1 Å². The number of rotatable bonds is 9. The van der Waals surface area contributed by atoms with Crippen LogP contribution in [0.4, 0.5) is 0 Å². The number of para-hydroxylation sites is 1. The summed E-state index contributed by atoms with van der Waals surface area (Å²) < 4.78 is 12.9. The fourth-order valence-electron chi connectivity index (χ4n) is 3.02. The first kappa shape index (κ1) is 22.2. The molecule has 0 aliphatic heterocycles. The molecule has 2 aromatic carbocycles. The minimum atomic E-state index is -0.462. The third kappa shape index (κ3) is 5.41. The number of nitrogens with one attached hydrogen (secondary N) is 1. The Morgan fingerprint density at radius 3 is 2.59 bits per heavy atom. The quantitative estimate of drug-likeness (QED) is 0.472. The summed E-state index contributed by atoms with van der Waals surface area (Å²) in [7, 11) is 1.55. The molecule has 10 heteroatoms. The van der Waals surface area contributed by atoms with E-state index in [-0.39, 0.29) is 12.4 Å². The van der Waals surface area contributed by atoms with Gasteiger partial charge in [0, 0.05) is 11.6 Å². The van der Waals surface area contributed by atoms with Crippen molar-refractivity contribution >= 4 is 35.2 Å². The first-order valence-corrected chi connectivity index (χ1v) is 11.3. The minimum absolute atomic E-state index is 0.0398. The molecule has 0 unspecified atom stereocenters. The summed E-state index contributed by atoms with van der Waals surface area (Å²) in [4.78, 5) is 24.6. The van der Waals surface area contributed by atoms with Crippen molar-refractivity contribution < 1.29 is 19.1 Å². The first-order chi connectivity index (χ1) is 15.5. The molecule has 0 saturated heterocycles. The summed E-state index contributed by atoms with van der Waals surface area (Å²) in [5, 5.41) is 12.0. The molecular formula is C22H21ClN4O4S. The molecule has 1 N–H and O–H groups in total. The van der Waals surface area contributed by atoms with Crippen LogP contribution in [-0.2, 0) is 11.4 Å². The average molecular weight is 473 g/mol. The summed E-state index contributed by atoms with van der Waals surface area (Å²) in [6, 6.07) is 14.1. The second-order valence-corrected chi connectivity index (χ2v) is 8.46. The van der Waals surface area contributed by atoms with Gasteiger partial charge in [0.05, 0.1) is 17.9 Å². The highest BCUT2D eigenvalue weighted by atomic mass is 35.5. The van der Waals surface area contributed by atoms with Crippen LogP contribution in [0.3, 0.4) is 0 Å². The van der Waals surface area contributed by atoms with Gasteiger partial charge in [0.25, 0.3) is 5.91 Å². The van der Waals surface area contributed by atoms with Gasteiger partial charge in [-0.2, -0.15) is 0 Å². The highest BCUT2D eigenvalue weighted by Crippen LogP contribution is 2.39. The molecular weight excluding hydrogens is 452 g/mol. The Kier molecular flexibility index (Phi) is 6.96. The summed E-state index contributed by atoms with van der Waals surface area (Å²) in [5.41, 5.74) is 0.379. The van der Waals surface area contributed by atoms with Crippen LogP contribution in [-0.4, -0.2) is 39.4 Å². The van der Waals surface area contributed by atoms with Gasteiger partial charge in [-0.15, -0.1) is 10.2 Å². The van der Waals surface area contributed by atoms with E-state index in [1.54, 1.807) is 43.5 Å². The van der Waals surface area contributed by atoms with Crippen LogP contribution in [0.1, 0.15) is 35.1 Å². The van der Waals surface area contributed by atoms with Gasteiger partial charge in [0.15, 0.2) is 11.0 Å². The van der Waals surface area contributed by atoms with Crippen molar-refractivity contribution in [1.82, 2.24) is 20.1 Å². The van der Waals surface area contributed by atoms with Gasteiger partial charge in [-0.05, 0) is 49.2 Å². The van der Waals surface area contributed by atoms with E-state index in [2.05, 4.69) is 15.5 Å². The van der Waals surface area contributed by atoms with Crippen LogP contribution in [0.2, 0.25) is 5.02 Å². The number of carbonyl (C=O) groups is 2. The lowest BCUT2D eigenvalue weighted by Gasteiger charge is -2.10. The van der Waals surface area contributed by atoms with Crippen molar-refractivity contribution in [3.05, 3.63) is 64.9 Å². The maximum absolute atomic E-state index is 12.3. The second kappa shape index (κ2) is 10.1. The third-order valence-electron chi connectivity index (χ3n) is 4.78. The number of carbonyl (C=O) groups excluding carboxylic acids is 2. The molecule has 3 aromatic rings. The van der Waals surface area contributed by atoms with Gasteiger partial charge in [-0.25, -0.2) is 0 Å². The Balaban J connectivity index is 1.35. The van der Waals surface area contributed by atoms with Gasteiger partial charge in [-0.3, -0.25) is 19.5 Å². The number of nitrogens with zero attached hydrogens (tertiary/aromatic N) is 3. The zero-order valence-electron chi connectivity index (χ0n) is 17.3. The van der Waals surface area contributed by atoms with Gasteiger partial charge in [0.1, 0.15) is 18.1 Å². The molecule has 1 heterocycles. The van der Waals surface area contributed by atoms with Crippen LogP contribution in [0.25, 0.3) is 0 Å². The first-order valence-electron chi connectivity index (χ1n) is 9.97. The fraction of sp³-hybridized carbons (Fsp3) is 0.273. The van der Waals surface area contributed by atoms with Gasteiger partial charge >= 0.3 is 0 Å². The van der Waals surface area contributed by atoms with Crippen LogP contribution in [0.5, 0.6) is 11.5 Å². The molecule has 32 heavy (non-hydrogen) atoms. The van der Waals surface area contributed by atoms with Crippen molar-refractivity contribution in [2.45, 2.75) is 30.6 Å². The number of ether oxygens (including phenoxy) is 2. The lowest BCUT2D eigenvalue weighted by Crippen LogP contribution is -2.31. The number of halogens is 1. The summed E-state index contributed by atoms with van der Waals surface area (Å²) >= 11 is 7.38. The zero-order valence-corrected chi connectivity index (χ0v) is 18.9. The standard InChI is InChI=1S/C22H21ClN4O4S/c1-30-16-10-6-14(7-11-16)21(29)24-20(28)13-32-22-26-25-19(27(22)15-8-9-15)12-31-18-5-3-2-4-17(18)23/h2-7,10-11,15H,8-9,12-13H2,1H3,(H,24,28,29). The number of thioether (sulfide) groups is 1. The topological polar surface area (TPSA) is 95.3 Å². The largest absolute Gasteiger partial charge is 0.497 e. The van der Waals surface area contributed by atoms with Crippen LogP contribution in [0, 0.1) is 0 Å². The SMILES string of the molecule is COc1ccc(C(=O)NC(=O)CSc2nnc(COc3ccccc3Cl)n2C2CC2)cc1. The molecule has 0 bridgehead atoms. The molecule has 166 valence electrons. The lowest BCUT2D eigenvalue weighted by atomic mass is 10.2. The maximum atomic E-state index is 12.3. The van der Waals surface area contributed by atoms with E-state index < -0.39 is 11.8 Å². The zero-order chi connectivity index (χ0) is 22.5. The molecule has 0 spiro atoms. The minimum Gasteiger partial charge on any atom is -0.497 e. The Labute approximate surface area is 194 Å². The second-order valence-electron chi connectivity index (χ2n) is 7.11. The number of imide groups is 1. The molecule has 1 aromatic heterocycles. The molecule has 2 amide bonds. The number of hydrogen-bond acceptors (Lipinski definition) is 7. The highest BCUT2D eigenvalue weighted by molar-refractivity contribution is 7.99. The average Bonchev–Trinajstić information content (AvgIpc) is 3.57. The Hall–Kier alpha value is -3.04. The van der Waals surface area contributed by atoms with E-state index in [1.165, 1.54) is 11.8 Å². The molecule has 8 nitrogen and oxygen atoms in total. The van der Waals surface area contributed by atoms with Gasteiger partial charge in [-0.1, -0.05) is 35.5 Å². The molecule has 1 aliphatic carbocycles. The van der Waals surface area contributed by atoms with Crippen molar-refractivity contribution in [3.63, 3.8) is 0 Å². The van der Waals surface area contributed by atoms with E-state index >= 15 is 0 Å². The van der Waals surface area contributed by atoms with E-state index in [1.807, 2.05) is 16.7 Å². The third-order valence-corrected chi connectivity index (χ3v) is 6.03. The van der Waals surface area contributed by atoms with Crippen LogP contribution in [0.15, 0.2) is 53.7 Å². The highest BCUT2D eigenvalue weighted by Gasteiger charge is 2.30. The predicted molar refractivity (Wildman–Crippen MR) is 120 cm³/mol. The smallest absolute Gasteiger partial charge is 0.257 e. The molecule has 1 fully saturated rings. The Morgan fingerprint density at radius 1 is 1.16 bits per heavy atom. The van der Waals surface area contributed by atoms with Gasteiger partial charge in [0.2, 0.25) is 5.91 Å². The fourth-order valence-corrected chi connectivity index (χ4v) is 4.03. The van der Waals surface area contributed by atoms with E-state index in [0.717, 1.165) is 12.8 Å². The van der Waals surface area contributed by atoms with Crippen molar-refractivity contribution in [1.29, 1.82) is 0 Å². The van der Waals surface area contributed by atoms with Crippen molar-refractivity contribution in [2.75, 3.05) is 12.9 Å². The molecule has 0 atom stereocenters. The molecule has 1 saturated carbocycles. The van der Waals surface area contributed by atoms with Crippen molar-refractivity contribution in [2.24, 2.45) is 0 Å². The monoisotopic (exact) mass is 472 g/mol. The number of amides is 2.